The van der Waals surface area contributed by atoms with Crippen molar-refractivity contribution in [2.24, 2.45) is 0 Å². The first-order chi connectivity index (χ1) is 5.61. The minimum absolute atomic E-state index is 0.397. The van der Waals surface area contributed by atoms with Gasteiger partial charge < -0.3 is 4.55 Å². The molecule has 0 aliphatic heterocycles. The molecule has 0 spiro atoms. The Morgan fingerprint density at radius 3 is 2.58 bits per heavy atom. The molecule has 0 amide bonds. The molecule has 1 rings (SSSR count). The lowest BCUT2D eigenvalue weighted by atomic mass is 10.0. The minimum atomic E-state index is -1.86. The molecule has 0 saturated carbocycles. The summed E-state index contributed by atoms with van der Waals surface area (Å²) in [6.45, 7) is 4.11. The Hall–Kier alpha value is -0.670. The van der Waals surface area contributed by atoms with Crippen molar-refractivity contribution in [3.8, 4) is 0 Å². The molecule has 12 heavy (non-hydrogen) atoms. The van der Waals surface area contributed by atoms with Crippen LogP contribution in [0.15, 0.2) is 29.2 Å². The van der Waals surface area contributed by atoms with Crippen molar-refractivity contribution in [1.29, 1.82) is 0 Å². The molecule has 0 aliphatic carbocycles. The number of rotatable bonds is 2. The predicted octanol–water partition coefficient (Wildman–Crippen LogP) is 2.39. The van der Waals surface area contributed by atoms with Gasteiger partial charge >= 0.3 is 0 Å². The molecule has 0 aliphatic rings. The zero-order valence-electron chi connectivity index (χ0n) is 7.15. The summed E-state index contributed by atoms with van der Waals surface area (Å²) < 4.78 is 19.5. The van der Waals surface area contributed by atoms with Crippen LogP contribution in [0.4, 0.5) is 0 Å². The molecule has 1 aromatic rings. The third kappa shape index (κ3) is 2.16. The Morgan fingerprint density at radius 2 is 2.08 bits per heavy atom. The van der Waals surface area contributed by atoms with Gasteiger partial charge in [0.2, 0.25) is 0 Å². The van der Waals surface area contributed by atoms with Crippen LogP contribution in [0.1, 0.15) is 25.3 Å². The van der Waals surface area contributed by atoms with Crippen LogP contribution in [0.5, 0.6) is 0 Å². The number of hydrogen-bond donors (Lipinski definition) is 1. The third-order valence-corrected chi connectivity index (χ3v) is 2.38. The molecule has 66 valence electrons. The van der Waals surface area contributed by atoms with Gasteiger partial charge in [-0.05, 0) is 23.6 Å². The Bertz CT molecular complexity index is 294. The van der Waals surface area contributed by atoms with Gasteiger partial charge in [-0.15, -0.1) is 0 Å². The van der Waals surface area contributed by atoms with E-state index < -0.39 is 11.1 Å². The van der Waals surface area contributed by atoms with Crippen LogP contribution in [0, 0.1) is 0 Å². The fourth-order valence-electron chi connectivity index (χ4n) is 0.982. The smallest absolute Gasteiger partial charge is 0.186 e. The van der Waals surface area contributed by atoms with E-state index in [-0.39, 0.29) is 0 Å². The second kappa shape index (κ2) is 3.83. The Labute approximate surface area is 74.9 Å². The van der Waals surface area contributed by atoms with Gasteiger partial charge in [0.25, 0.3) is 0 Å². The maximum atomic E-state index is 10.7. The van der Waals surface area contributed by atoms with E-state index in [0.717, 1.165) is 5.56 Å². The van der Waals surface area contributed by atoms with E-state index in [1.807, 2.05) is 6.07 Å². The van der Waals surface area contributed by atoms with Crippen LogP contribution in [0.2, 0.25) is 0 Å². The molecule has 1 aromatic carbocycles. The zero-order valence-corrected chi connectivity index (χ0v) is 7.97. The Morgan fingerprint density at radius 1 is 1.42 bits per heavy atom. The quantitative estimate of drug-likeness (QED) is 0.716. The van der Waals surface area contributed by atoms with Gasteiger partial charge in [-0.3, -0.25) is 0 Å². The highest BCUT2D eigenvalue weighted by Gasteiger charge is 2.02. The average molecular weight is 184 g/mol. The highest BCUT2D eigenvalue weighted by molar-refractivity contribution is 7.79. The van der Waals surface area contributed by atoms with E-state index >= 15 is 0 Å². The molecular weight excluding hydrogens is 172 g/mol. The van der Waals surface area contributed by atoms with Gasteiger partial charge in [0.1, 0.15) is 0 Å². The van der Waals surface area contributed by atoms with Crippen molar-refractivity contribution in [3.63, 3.8) is 0 Å². The summed E-state index contributed by atoms with van der Waals surface area (Å²) in [6.07, 6.45) is 0. The second-order valence-electron chi connectivity index (χ2n) is 2.98. The van der Waals surface area contributed by atoms with Crippen molar-refractivity contribution in [1.82, 2.24) is 0 Å². The minimum Gasteiger partial charge on any atom is -0.302 e. The molecule has 1 atom stereocenters. The maximum absolute atomic E-state index is 10.7. The van der Waals surface area contributed by atoms with Crippen molar-refractivity contribution >= 4 is 11.1 Å². The van der Waals surface area contributed by atoms with E-state index in [2.05, 4.69) is 13.8 Å². The lowest BCUT2D eigenvalue weighted by molar-refractivity contribution is 0.564. The lowest BCUT2D eigenvalue weighted by Crippen LogP contribution is -1.92. The summed E-state index contributed by atoms with van der Waals surface area (Å²) in [4.78, 5) is 0.473. The molecule has 0 fully saturated rings. The summed E-state index contributed by atoms with van der Waals surface area (Å²) in [6, 6.07) is 7.18. The molecular formula is C9H12O2S. The van der Waals surface area contributed by atoms with Gasteiger partial charge in [-0.25, -0.2) is 4.21 Å². The van der Waals surface area contributed by atoms with E-state index in [4.69, 9.17) is 4.55 Å². The van der Waals surface area contributed by atoms with Crippen LogP contribution in [-0.4, -0.2) is 8.76 Å². The normalized spacial score (nSPS) is 13.3. The molecule has 0 bridgehead atoms. The van der Waals surface area contributed by atoms with Crippen molar-refractivity contribution in [2.75, 3.05) is 0 Å². The largest absolute Gasteiger partial charge is 0.302 e. The third-order valence-electron chi connectivity index (χ3n) is 1.73. The second-order valence-corrected chi connectivity index (χ2v) is 3.95. The molecule has 2 nitrogen and oxygen atoms in total. The van der Waals surface area contributed by atoms with Crippen LogP contribution in [-0.2, 0) is 11.1 Å². The number of benzene rings is 1. The van der Waals surface area contributed by atoms with Crippen molar-refractivity contribution in [3.05, 3.63) is 29.8 Å². The van der Waals surface area contributed by atoms with Gasteiger partial charge in [0.05, 0.1) is 4.90 Å². The molecule has 0 radical (unpaired) electrons. The monoisotopic (exact) mass is 184 g/mol. The molecule has 1 unspecified atom stereocenters. The van der Waals surface area contributed by atoms with Crippen LogP contribution in [0.3, 0.4) is 0 Å². The Balaban J connectivity index is 3.04. The SMILES string of the molecule is CC(C)c1cccc(S(=O)O)c1. The molecule has 1 N–H and O–H groups in total. The van der Waals surface area contributed by atoms with Crippen molar-refractivity contribution < 1.29 is 8.76 Å². The Kier molecular flexibility index (Phi) is 3.00. The highest BCUT2D eigenvalue weighted by atomic mass is 32.2. The first kappa shape index (κ1) is 9.42. The van der Waals surface area contributed by atoms with Gasteiger partial charge in [0, 0.05) is 0 Å². The van der Waals surface area contributed by atoms with E-state index in [1.165, 1.54) is 0 Å². The summed E-state index contributed by atoms with van der Waals surface area (Å²) in [7, 11) is 0. The maximum Gasteiger partial charge on any atom is 0.186 e. The van der Waals surface area contributed by atoms with Crippen LogP contribution >= 0.6 is 0 Å². The predicted molar refractivity (Wildman–Crippen MR) is 49.6 cm³/mol. The first-order valence-electron chi connectivity index (χ1n) is 3.82. The lowest BCUT2D eigenvalue weighted by Gasteiger charge is -2.05. The topological polar surface area (TPSA) is 37.3 Å². The highest BCUT2D eigenvalue weighted by Crippen LogP contribution is 2.16. The van der Waals surface area contributed by atoms with Gasteiger partial charge in [-0.2, -0.15) is 0 Å². The molecule has 0 saturated heterocycles. The van der Waals surface area contributed by atoms with E-state index in [1.54, 1.807) is 18.2 Å². The fourth-order valence-corrected chi connectivity index (χ4v) is 1.41. The summed E-state index contributed by atoms with van der Waals surface area (Å²) in [5.74, 6) is 0.397. The molecule has 0 heterocycles. The van der Waals surface area contributed by atoms with Gasteiger partial charge in [-0.1, -0.05) is 26.0 Å². The van der Waals surface area contributed by atoms with Crippen LogP contribution < -0.4 is 0 Å². The van der Waals surface area contributed by atoms with E-state index in [0.29, 0.717) is 10.8 Å². The summed E-state index contributed by atoms with van der Waals surface area (Å²) in [5, 5.41) is 0. The van der Waals surface area contributed by atoms with Gasteiger partial charge in [0.15, 0.2) is 11.1 Å². The zero-order chi connectivity index (χ0) is 9.14. The van der Waals surface area contributed by atoms with Crippen LogP contribution in [0.25, 0.3) is 0 Å². The summed E-state index contributed by atoms with van der Waals surface area (Å²) >= 11 is -1.86. The molecule has 0 aromatic heterocycles. The van der Waals surface area contributed by atoms with E-state index in [9.17, 15) is 4.21 Å². The first-order valence-corrected chi connectivity index (χ1v) is 4.92. The fraction of sp³-hybridized carbons (Fsp3) is 0.333. The average Bonchev–Trinajstić information content (AvgIpc) is 2.04. The standard InChI is InChI=1S/C9H12O2S/c1-7(2)8-4-3-5-9(6-8)12(10)11/h3-7H,1-2H3,(H,10,11). The van der Waals surface area contributed by atoms with Crippen molar-refractivity contribution in [2.45, 2.75) is 24.7 Å². The number of hydrogen-bond acceptors (Lipinski definition) is 1. The molecule has 3 heteroatoms. The summed E-state index contributed by atoms with van der Waals surface area (Å²) in [5.41, 5.74) is 1.09.